The molecule has 5 nitrogen and oxygen atoms in total. The number of morpholine rings is 1. The number of nitrogens with zero attached hydrogens (tertiary/aromatic N) is 2. The van der Waals surface area contributed by atoms with E-state index in [1.165, 1.54) is 6.20 Å². The Bertz CT molecular complexity index is 543. The molecule has 104 valence electrons. The second-order valence-corrected chi connectivity index (χ2v) is 5.14. The quantitative estimate of drug-likeness (QED) is 0.678. The number of nitrogens with one attached hydrogen (secondary N) is 1. The molecule has 6 heteroatoms. The van der Waals surface area contributed by atoms with Crippen molar-refractivity contribution in [3.8, 4) is 6.07 Å². The van der Waals surface area contributed by atoms with Crippen molar-refractivity contribution in [1.82, 2.24) is 4.90 Å². The molecule has 0 aromatic heterocycles. The summed E-state index contributed by atoms with van der Waals surface area (Å²) in [5.74, 6) is -0.264. The highest BCUT2D eigenvalue weighted by molar-refractivity contribution is 9.10. The lowest BCUT2D eigenvalue weighted by molar-refractivity contribution is -0.130. The van der Waals surface area contributed by atoms with E-state index in [0.29, 0.717) is 26.3 Å². The van der Waals surface area contributed by atoms with Crippen molar-refractivity contribution >= 4 is 27.5 Å². The van der Waals surface area contributed by atoms with Crippen LogP contribution in [0.5, 0.6) is 0 Å². The van der Waals surface area contributed by atoms with Gasteiger partial charge in [-0.3, -0.25) is 4.79 Å². The fourth-order valence-corrected chi connectivity index (χ4v) is 2.04. The lowest BCUT2D eigenvalue weighted by Gasteiger charge is -2.26. The molecule has 1 saturated heterocycles. The van der Waals surface area contributed by atoms with Crippen LogP contribution >= 0.6 is 15.9 Å². The van der Waals surface area contributed by atoms with Crippen LogP contribution in [-0.4, -0.2) is 37.1 Å². The lowest BCUT2D eigenvalue weighted by atomic mass is 10.2. The predicted octanol–water partition coefficient (Wildman–Crippen LogP) is 2.13. The average Bonchev–Trinajstić information content (AvgIpc) is 2.50. The van der Waals surface area contributed by atoms with E-state index in [1.54, 1.807) is 4.90 Å². The second-order valence-electron chi connectivity index (χ2n) is 4.23. The van der Waals surface area contributed by atoms with Gasteiger partial charge in [-0.1, -0.05) is 15.9 Å². The van der Waals surface area contributed by atoms with Crippen molar-refractivity contribution in [2.75, 3.05) is 31.6 Å². The van der Waals surface area contributed by atoms with Gasteiger partial charge in [0.15, 0.2) is 0 Å². The molecule has 0 saturated carbocycles. The van der Waals surface area contributed by atoms with Gasteiger partial charge in [0.1, 0.15) is 11.6 Å². The second kappa shape index (κ2) is 7.08. The third kappa shape index (κ3) is 3.83. The number of hydrogen-bond acceptors (Lipinski definition) is 4. The number of hydrogen-bond donors (Lipinski definition) is 1. The van der Waals surface area contributed by atoms with Crippen molar-refractivity contribution < 1.29 is 9.53 Å². The Balaban J connectivity index is 2.03. The van der Waals surface area contributed by atoms with E-state index in [-0.39, 0.29) is 11.5 Å². The van der Waals surface area contributed by atoms with Crippen LogP contribution in [0.4, 0.5) is 5.69 Å². The molecule has 1 fully saturated rings. The molecule has 0 aliphatic carbocycles. The van der Waals surface area contributed by atoms with Crippen LogP contribution in [-0.2, 0) is 9.53 Å². The average molecular weight is 336 g/mol. The van der Waals surface area contributed by atoms with Crippen molar-refractivity contribution in [1.29, 1.82) is 5.26 Å². The molecule has 0 spiro atoms. The number of carbonyl (C=O) groups excluding carboxylic acids is 1. The van der Waals surface area contributed by atoms with Crippen molar-refractivity contribution in [2.45, 2.75) is 0 Å². The Hall–Kier alpha value is -1.84. The van der Waals surface area contributed by atoms with E-state index < -0.39 is 0 Å². The standard InChI is InChI=1S/C14H14BrN3O2/c15-12-1-3-13(4-2-12)17-10-11(9-16)14(19)18-5-7-20-8-6-18/h1-4,10,17H,5-8H2/b11-10+. The van der Waals surface area contributed by atoms with Gasteiger partial charge < -0.3 is 15.0 Å². The number of rotatable bonds is 3. The molecule has 1 N–H and O–H groups in total. The summed E-state index contributed by atoms with van der Waals surface area (Å²) in [5, 5.41) is 12.1. The first-order valence-electron chi connectivity index (χ1n) is 6.20. The molecule has 2 rings (SSSR count). The zero-order valence-corrected chi connectivity index (χ0v) is 12.4. The third-order valence-electron chi connectivity index (χ3n) is 2.88. The summed E-state index contributed by atoms with van der Waals surface area (Å²) in [7, 11) is 0. The fourth-order valence-electron chi connectivity index (χ4n) is 1.78. The van der Waals surface area contributed by atoms with Crippen LogP contribution in [0, 0.1) is 11.3 Å². The Morgan fingerprint density at radius 2 is 2.00 bits per heavy atom. The van der Waals surface area contributed by atoms with Crippen molar-refractivity contribution in [3.63, 3.8) is 0 Å². The van der Waals surface area contributed by atoms with Gasteiger partial charge in [0, 0.05) is 29.4 Å². The van der Waals surface area contributed by atoms with Crippen LogP contribution in [0.3, 0.4) is 0 Å². The zero-order valence-electron chi connectivity index (χ0n) is 10.8. The lowest BCUT2D eigenvalue weighted by Crippen LogP contribution is -2.41. The molecular formula is C14H14BrN3O2. The van der Waals surface area contributed by atoms with Crippen molar-refractivity contribution in [3.05, 3.63) is 40.5 Å². The first-order chi connectivity index (χ1) is 9.70. The highest BCUT2D eigenvalue weighted by Crippen LogP contribution is 2.14. The van der Waals surface area contributed by atoms with Gasteiger partial charge in [0.25, 0.3) is 5.91 Å². The maximum atomic E-state index is 12.1. The molecule has 1 aromatic rings. The number of halogens is 1. The molecule has 20 heavy (non-hydrogen) atoms. The van der Waals surface area contributed by atoms with E-state index in [1.807, 2.05) is 30.3 Å². The Labute approximate surface area is 126 Å². The number of ether oxygens (including phenoxy) is 1. The molecule has 1 amide bonds. The maximum absolute atomic E-state index is 12.1. The first-order valence-corrected chi connectivity index (χ1v) is 6.99. The minimum atomic E-state index is -0.264. The Kier molecular flexibility index (Phi) is 5.16. The van der Waals surface area contributed by atoms with E-state index >= 15 is 0 Å². The van der Waals surface area contributed by atoms with Crippen LogP contribution < -0.4 is 5.32 Å². The predicted molar refractivity (Wildman–Crippen MR) is 78.9 cm³/mol. The number of benzene rings is 1. The first kappa shape index (κ1) is 14.6. The number of nitriles is 1. The molecule has 0 bridgehead atoms. The van der Waals surface area contributed by atoms with E-state index in [4.69, 9.17) is 10.00 Å². The van der Waals surface area contributed by atoms with Gasteiger partial charge in [-0.2, -0.15) is 5.26 Å². The summed E-state index contributed by atoms with van der Waals surface area (Å²) in [6, 6.07) is 9.41. The van der Waals surface area contributed by atoms with Crippen molar-refractivity contribution in [2.24, 2.45) is 0 Å². The SMILES string of the molecule is N#C/C(=C\Nc1ccc(Br)cc1)C(=O)N1CCOCC1. The van der Waals surface area contributed by atoms with Gasteiger partial charge in [-0.05, 0) is 24.3 Å². The third-order valence-corrected chi connectivity index (χ3v) is 3.41. The minimum absolute atomic E-state index is 0.0924. The van der Waals surface area contributed by atoms with Gasteiger partial charge in [0.2, 0.25) is 0 Å². The smallest absolute Gasteiger partial charge is 0.266 e. The number of anilines is 1. The zero-order chi connectivity index (χ0) is 14.4. The molecule has 1 aliphatic rings. The normalized spacial score (nSPS) is 15.6. The molecule has 1 aromatic carbocycles. The maximum Gasteiger partial charge on any atom is 0.266 e. The Morgan fingerprint density at radius 1 is 1.35 bits per heavy atom. The van der Waals surface area contributed by atoms with Gasteiger partial charge in [0.05, 0.1) is 13.2 Å². The Morgan fingerprint density at radius 3 is 2.60 bits per heavy atom. The highest BCUT2D eigenvalue weighted by Gasteiger charge is 2.20. The molecule has 0 unspecified atom stereocenters. The summed E-state index contributed by atoms with van der Waals surface area (Å²) in [4.78, 5) is 13.8. The summed E-state index contributed by atoms with van der Waals surface area (Å²) < 4.78 is 6.16. The van der Waals surface area contributed by atoms with Gasteiger partial charge >= 0.3 is 0 Å². The van der Waals surface area contributed by atoms with Gasteiger partial charge in [-0.25, -0.2) is 0 Å². The fraction of sp³-hybridized carbons (Fsp3) is 0.286. The molecule has 0 radical (unpaired) electrons. The van der Waals surface area contributed by atoms with E-state index in [2.05, 4.69) is 21.2 Å². The monoisotopic (exact) mass is 335 g/mol. The topological polar surface area (TPSA) is 65.4 Å². The van der Waals surface area contributed by atoms with Crippen LogP contribution in [0.2, 0.25) is 0 Å². The van der Waals surface area contributed by atoms with Crippen LogP contribution in [0.1, 0.15) is 0 Å². The van der Waals surface area contributed by atoms with Gasteiger partial charge in [-0.15, -0.1) is 0 Å². The van der Waals surface area contributed by atoms with E-state index in [0.717, 1.165) is 10.2 Å². The van der Waals surface area contributed by atoms with E-state index in [9.17, 15) is 4.79 Å². The molecular weight excluding hydrogens is 322 g/mol. The molecule has 1 heterocycles. The minimum Gasteiger partial charge on any atom is -0.378 e. The molecule has 0 atom stereocenters. The summed E-state index contributed by atoms with van der Waals surface area (Å²) in [6.45, 7) is 2.08. The number of amides is 1. The summed E-state index contributed by atoms with van der Waals surface area (Å²) in [6.07, 6.45) is 1.45. The largest absolute Gasteiger partial charge is 0.378 e. The molecule has 1 aliphatic heterocycles. The van der Waals surface area contributed by atoms with Crippen LogP contribution in [0.15, 0.2) is 40.5 Å². The summed E-state index contributed by atoms with van der Waals surface area (Å²) in [5.41, 5.74) is 0.908. The summed E-state index contributed by atoms with van der Waals surface area (Å²) >= 11 is 3.35. The number of carbonyl (C=O) groups is 1. The van der Waals surface area contributed by atoms with Crippen LogP contribution in [0.25, 0.3) is 0 Å². The highest BCUT2D eigenvalue weighted by atomic mass is 79.9.